The highest BCUT2D eigenvalue weighted by atomic mass is 16.3. The third kappa shape index (κ3) is 3.99. The molecule has 1 atom stereocenters. The highest BCUT2D eigenvalue weighted by molar-refractivity contribution is 5.73. The number of piperidine rings is 1. The van der Waals surface area contributed by atoms with Crippen molar-refractivity contribution in [2.75, 3.05) is 26.2 Å². The molecular formula is C14H23N3O2. The Morgan fingerprint density at radius 3 is 2.79 bits per heavy atom. The minimum Gasteiger partial charge on any atom is -0.468 e. The number of furan rings is 1. The zero-order valence-corrected chi connectivity index (χ0v) is 11.5. The largest absolute Gasteiger partial charge is 0.468 e. The van der Waals surface area contributed by atoms with Gasteiger partial charge in [-0.1, -0.05) is 6.42 Å². The Morgan fingerprint density at radius 1 is 1.37 bits per heavy atom. The molecule has 1 unspecified atom stereocenters. The summed E-state index contributed by atoms with van der Waals surface area (Å²) in [5, 5.41) is 5.67. The molecular weight excluding hydrogens is 242 g/mol. The molecule has 0 radical (unpaired) electrons. The number of hydrogen-bond donors (Lipinski definition) is 2. The zero-order chi connectivity index (χ0) is 13.5. The van der Waals surface area contributed by atoms with Crippen LogP contribution in [0.15, 0.2) is 22.8 Å². The van der Waals surface area contributed by atoms with Crippen LogP contribution in [0.1, 0.15) is 38.0 Å². The molecule has 1 aromatic rings. The summed E-state index contributed by atoms with van der Waals surface area (Å²) in [4.78, 5) is 13.9. The molecule has 1 fully saturated rings. The molecule has 1 aliphatic rings. The molecule has 1 saturated heterocycles. The van der Waals surface area contributed by atoms with Gasteiger partial charge in [0, 0.05) is 13.1 Å². The minimum atomic E-state index is -0.115. The van der Waals surface area contributed by atoms with Gasteiger partial charge in [-0.05, 0) is 45.0 Å². The molecule has 0 aromatic carbocycles. The van der Waals surface area contributed by atoms with E-state index >= 15 is 0 Å². The Morgan fingerprint density at radius 2 is 2.16 bits per heavy atom. The molecule has 5 heteroatoms. The molecule has 0 saturated carbocycles. The summed E-state index contributed by atoms with van der Waals surface area (Å²) >= 11 is 0. The van der Waals surface area contributed by atoms with Crippen LogP contribution in [0.4, 0.5) is 4.79 Å². The highest BCUT2D eigenvalue weighted by Gasteiger charge is 2.24. The number of amides is 2. The quantitative estimate of drug-likeness (QED) is 0.857. The predicted molar refractivity (Wildman–Crippen MR) is 73.9 cm³/mol. The Labute approximate surface area is 114 Å². The van der Waals surface area contributed by atoms with Gasteiger partial charge in [-0.25, -0.2) is 4.79 Å². The summed E-state index contributed by atoms with van der Waals surface area (Å²) in [6.45, 7) is 5.28. The molecule has 2 N–H and O–H groups in total. The molecule has 5 nitrogen and oxygen atoms in total. The molecule has 0 bridgehead atoms. The van der Waals surface area contributed by atoms with E-state index in [4.69, 9.17) is 4.42 Å². The summed E-state index contributed by atoms with van der Waals surface area (Å²) in [6.07, 6.45) is 5.43. The van der Waals surface area contributed by atoms with Crippen molar-refractivity contribution in [2.24, 2.45) is 0 Å². The van der Waals surface area contributed by atoms with Gasteiger partial charge in [0.05, 0.1) is 12.3 Å². The van der Waals surface area contributed by atoms with Gasteiger partial charge in [0.15, 0.2) is 0 Å². The first-order valence-corrected chi connectivity index (χ1v) is 7.10. The zero-order valence-electron chi connectivity index (χ0n) is 11.5. The van der Waals surface area contributed by atoms with Crippen LogP contribution in [-0.2, 0) is 0 Å². The van der Waals surface area contributed by atoms with Gasteiger partial charge in [0.2, 0.25) is 0 Å². The van der Waals surface area contributed by atoms with E-state index in [1.54, 1.807) is 6.26 Å². The summed E-state index contributed by atoms with van der Waals surface area (Å²) < 4.78 is 5.53. The van der Waals surface area contributed by atoms with Gasteiger partial charge in [-0.3, -0.25) is 4.90 Å². The van der Waals surface area contributed by atoms with E-state index in [9.17, 15) is 4.79 Å². The molecule has 2 rings (SSSR count). The fraction of sp³-hybridized carbons (Fsp3) is 0.643. The number of urea groups is 1. The standard InChI is InChI=1S/C14H23N3O2/c1-2-15-14(18)16-11-12(13-7-6-10-19-13)17-8-4-3-5-9-17/h6-7,10,12H,2-5,8-9,11H2,1H3,(H2,15,16,18). The number of hydrogen-bond acceptors (Lipinski definition) is 3. The van der Waals surface area contributed by atoms with Crippen LogP contribution in [0, 0.1) is 0 Å². The number of nitrogens with one attached hydrogen (secondary N) is 2. The number of likely N-dealkylation sites (tertiary alicyclic amines) is 1. The fourth-order valence-electron chi connectivity index (χ4n) is 2.53. The fourth-order valence-corrected chi connectivity index (χ4v) is 2.53. The summed E-state index contributed by atoms with van der Waals surface area (Å²) in [7, 11) is 0. The Balaban J connectivity index is 1.96. The molecule has 19 heavy (non-hydrogen) atoms. The molecule has 0 aliphatic carbocycles. The third-order valence-electron chi connectivity index (χ3n) is 3.50. The number of carbonyl (C=O) groups excluding carboxylic acids is 1. The van der Waals surface area contributed by atoms with Crippen molar-refractivity contribution < 1.29 is 9.21 Å². The maximum absolute atomic E-state index is 11.5. The lowest BCUT2D eigenvalue weighted by atomic mass is 10.1. The lowest BCUT2D eigenvalue weighted by molar-refractivity contribution is 0.143. The van der Waals surface area contributed by atoms with E-state index in [2.05, 4.69) is 15.5 Å². The normalized spacial score (nSPS) is 17.9. The van der Waals surface area contributed by atoms with Gasteiger partial charge in [0.25, 0.3) is 0 Å². The van der Waals surface area contributed by atoms with Crippen molar-refractivity contribution in [2.45, 2.75) is 32.2 Å². The van der Waals surface area contributed by atoms with Crippen molar-refractivity contribution >= 4 is 6.03 Å². The average Bonchev–Trinajstić information content (AvgIpc) is 2.94. The first-order chi connectivity index (χ1) is 9.31. The van der Waals surface area contributed by atoms with Crippen molar-refractivity contribution in [1.82, 2.24) is 15.5 Å². The van der Waals surface area contributed by atoms with E-state index in [0.717, 1.165) is 18.8 Å². The van der Waals surface area contributed by atoms with Crippen LogP contribution in [0.2, 0.25) is 0 Å². The Kier molecular flexibility index (Phi) is 5.27. The Bertz CT molecular complexity index is 372. The first kappa shape index (κ1) is 13.9. The van der Waals surface area contributed by atoms with Crippen LogP contribution >= 0.6 is 0 Å². The van der Waals surface area contributed by atoms with E-state index < -0.39 is 0 Å². The van der Waals surface area contributed by atoms with Crippen molar-refractivity contribution in [3.05, 3.63) is 24.2 Å². The van der Waals surface area contributed by atoms with Crippen molar-refractivity contribution in [3.63, 3.8) is 0 Å². The summed E-state index contributed by atoms with van der Waals surface area (Å²) in [6, 6.07) is 3.91. The first-order valence-electron chi connectivity index (χ1n) is 7.10. The van der Waals surface area contributed by atoms with Gasteiger partial charge < -0.3 is 15.1 Å². The minimum absolute atomic E-state index is 0.115. The average molecular weight is 265 g/mol. The highest BCUT2D eigenvalue weighted by Crippen LogP contribution is 2.24. The van der Waals surface area contributed by atoms with Crippen LogP contribution in [-0.4, -0.2) is 37.1 Å². The summed E-state index contributed by atoms with van der Waals surface area (Å²) in [5.74, 6) is 0.929. The van der Waals surface area contributed by atoms with Crippen molar-refractivity contribution in [1.29, 1.82) is 0 Å². The second-order valence-corrected chi connectivity index (χ2v) is 4.87. The third-order valence-corrected chi connectivity index (χ3v) is 3.50. The lowest BCUT2D eigenvalue weighted by Crippen LogP contribution is -2.43. The maximum Gasteiger partial charge on any atom is 0.314 e. The molecule has 0 spiro atoms. The van der Waals surface area contributed by atoms with Crippen LogP contribution < -0.4 is 10.6 Å². The molecule has 1 aromatic heterocycles. The van der Waals surface area contributed by atoms with Gasteiger partial charge in [-0.15, -0.1) is 0 Å². The SMILES string of the molecule is CCNC(=O)NCC(c1ccco1)N1CCCCC1. The topological polar surface area (TPSA) is 57.5 Å². The van der Waals surface area contributed by atoms with Gasteiger partial charge in [-0.2, -0.15) is 0 Å². The second kappa shape index (κ2) is 7.19. The Hall–Kier alpha value is -1.49. The van der Waals surface area contributed by atoms with E-state index in [1.807, 2.05) is 19.1 Å². The smallest absolute Gasteiger partial charge is 0.314 e. The van der Waals surface area contributed by atoms with Crippen LogP contribution in [0.3, 0.4) is 0 Å². The number of nitrogens with zero attached hydrogens (tertiary/aromatic N) is 1. The summed E-state index contributed by atoms with van der Waals surface area (Å²) in [5.41, 5.74) is 0. The maximum atomic E-state index is 11.5. The molecule has 1 aliphatic heterocycles. The van der Waals surface area contributed by atoms with E-state index in [0.29, 0.717) is 13.1 Å². The second-order valence-electron chi connectivity index (χ2n) is 4.87. The molecule has 106 valence electrons. The monoisotopic (exact) mass is 265 g/mol. The number of rotatable bonds is 5. The van der Waals surface area contributed by atoms with Gasteiger partial charge >= 0.3 is 6.03 Å². The predicted octanol–water partition coefficient (Wildman–Crippen LogP) is 2.13. The van der Waals surface area contributed by atoms with Gasteiger partial charge in [0.1, 0.15) is 5.76 Å². The molecule has 2 heterocycles. The van der Waals surface area contributed by atoms with E-state index in [1.165, 1.54) is 19.3 Å². The van der Waals surface area contributed by atoms with Crippen LogP contribution in [0.25, 0.3) is 0 Å². The molecule has 2 amide bonds. The van der Waals surface area contributed by atoms with Crippen molar-refractivity contribution in [3.8, 4) is 0 Å². The van der Waals surface area contributed by atoms with E-state index in [-0.39, 0.29) is 12.1 Å². The number of carbonyl (C=O) groups is 1. The van der Waals surface area contributed by atoms with Crippen LogP contribution in [0.5, 0.6) is 0 Å². The lowest BCUT2D eigenvalue weighted by Gasteiger charge is -2.33.